The molecule has 1 aromatic carbocycles. The summed E-state index contributed by atoms with van der Waals surface area (Å²) in [5, 5.41) is 9.96. The van der Waals surface area contributed by atoms with Crippen molar-refractivity contribution in [2.75, 3.05) is 6.54 Å². The van der Waals surface area contributed by atoms with Crippen LogP contribution in [0.3, 0.4) is 0 Å². The van der Waals surface area contributed by atoms with Gasteiger partial charge in [0.1, 0.15) is 0 Å². The molecule has 0 heterocycles. The molecule has 0 saturated heterocycles. The summed E-state index contributed by atoms with van der Waals surface area (Å²) in [6, 6.07) is 8.83. The van der Waals surface area contributed by atoms with E-state index in [0.29, 0.717) is 5.56 Å². The van der Waals surface area contributed by atoms with Gasteiger partial charge >= 0.3 is 0 Å². The van der Waals surface area contributed by atoms with Gasteiger partial charge in [0.15, 0.2) is 0 Å². The van der Waals surface area contributed by atoms with E-state index in [1.165, 1.54) is 12.1 Å². The van der Waals surface area contributed by atoms with Crippen molar-refractivity contribution >= 4 is 5.78 Å². The number of nitro groups is 1. The minimum absolute atomic E-state index is 0.352. The number of hydrogen-bond donors (Lipinski definition) is 0. The van der Waals surface area contributed by atoms with E-state index in [2.05, 4.69) is 6.07 Å². The highest BCUT2D eigenvalue weighted by Crippen LogP contribution is 1.98. The third-order valence-corrected chi connectivity index (χ3v) is 1.31. The van der Waals surface area contributed by atoms with Crippen LogP contribution >= 0.6 is 0 Å². The zero-order chi connectivity index (χ0) is 8.97. The van der Waals surface area contributed by atoms with Crippen LogP contribution in [-0.4, -0.2) is 17.3 Å². The topological polar surface area (TPSA) is 60.2 Å². The second kappa shape index (κ2) is 3.61. The number of Topliss-reactive ketones (excluding diaryl/α,β-unsaturated/α-hetero) is 1. The molecule has 0 unspecified atom stereocenters. The zero-order valence-corrected chi connectivity index (χ0v) is 6.19. The fourth-order valence-electron chi connectivity index (χ4n) is 0.781. The first kappa shape index (κ1) is 8.39. The van der Waals surface area contributed by atoms with Gasteiger partial charge < -0.3 is 0 Å². The highest BCUT2D eigenvalue weighted by Gasteiger charge is 2.10. The molecule has 1 rings (SSSR count). The van der Waals surface area contributed by atoms with Gasteiger partial charge in [-0.2, -0.15) is 0 Å². The first-order valence-corrected chi connectivity index (χ1v) is 3.31. The summed E-state index contributed by atoms with van der Waals surface area (Å²) in [6.45, 7) is -0.649. The maximum Gasteiger partial charge on any atom is 0.265 e. The number of carbonyl (C=O) groups is 1. The molecule has 0 amide bonds. The van der Waals surface area contributed by atoms with E-state index in [9.17, 15) is 14.9 Å². The van der Waals surface area contributed by atoms with Crippen LogP contribution in [0.1, 0.15) is 10.4 Å². The van der Waals surface area contributed by atoms with Crippen molar-refractivity contribution < 1.29 is 9.72 Å². The van der Waals surface area contributed by atoms with Gasteiger partial charge in [0.2, 0.25) is 5.78 Å². The molecule has 0 fully saturated rings. The third kappa shape index (κ3) is 2.16. The zero-order valence-electron chi connectivity index (χ0n) is 6.19. The Labute approximate surface area is 69.0 Å². The number of carbonyl (C=O) groups excluding carboxylic acids is 1. The van der Waals surface area contributed by atoms with Crippen molar-refractivity contribution in [3.63, 3.8) is 0 Å². The Kier molecular flexibility index (Phi) is 2.53. The maximum atomic E-state index is 11.0. The van der Waals surface area contributed by atoms with E-state index in [4.69, 9.17) is 0 Å². The van der Waals surface area contributed by atoms with E-state index in [1.807, 2.05) is 0 Å². The third-order valence-electron chi connectivity index (χ3n) is 1.31. The van der Waals surface area contributed by atoms with E-state index >= 15 is 0 Å². The van der Waals surface area contributed by atoms with Crippen LogP contribution in [0.25, 0.3) is 0 Å². The molecule has 0 aromatic heterocycles. The summed E-state index contributed by atoms with van der Waals surface area (Å²) in [4.78, 5) is 20.3. The number of hydrogen-bond acceptors (Lipinski definition) is 3. The van der Waals surface area contributed by atoms with Crippen LogP contribution in [0, 0.1) is 16.2 Å². The van der Waals surface area contributed by atoms with Crippen LogP contribution in [-0.2, 0) is 0 Å². The van der Waals surface area contributed by atoms with Crippen LogP contribution in [0.15, 0.2) is 24.3 Å². The molecule has 0 spiro atoms. The Morgan fingerprint density at radius 3 is 2.58 bits per heavy atom. The molecule has 12 heavy (non-hydrogen) atoms. The number of rotatable bonds is 3. The lowest BCUT2D eigenvalue weighted by Gasteiger charge is -1.93. The maximum absolute atomic E-state index is 11.0. The van der Waals surface area contributed by atoms with Crippen LogP contribution in [0.5, 0.6) is 0 Å². The van der Waals surface area contributed by atoms with Gasteiger partial charge in [-0.3, -0.25) is 14.9 Å². The minimum atomic E-state index is -0.649. The number of ketones is 1. The Balaban J connectivity index is 2.73. The summed E-state index contributed by atoms with van der Waals surface area (Å²) in [5.74, 6) is -0.478. The summed E-state index contributed by atoms with van der Waals surface area (Å²) in [5.41, 5.74) is 0.352. The molecule has 0 aliphatic rings. The molecule has 0 aliphatic carbocycles. The monoisotopic (exact) mass is 164 g/mol. The smallest absolute Gasteiger partial charge is 0.265 e. The lowest BCUT2D eigenvalue weighted by Crippen LogP contribution is -2.13. The predicted molar refractivity (Wildman–Crippen MR) is 41.5 cm³/mol. The largest absolute Gasteiger partial charge is 0.287 e. The predicted octanol–water partition coefficient (Wildman–Crippen LogP) is 0.946. The van der Waals surface area contributed by atoms with Crippen molar-refractivity contribution in [3.8, 4) is 0 Å². The molecule has 4 heteroatoms. The average Bonchev–Trinajstić information content (AvgIpc) is 2.05. The normalized spacial score (nSPS) is 9.33. The van der Waals surface area contributed by atoms with Crippen molar-refractivity contribution in [3.05, 3.63) is 46.0 Å². The quantitative estimate of drug-likeness (QED) is 0.379. The molecule has 61 valence electrons. The van der Waals surface area contributed by atoms with Crippen molar-refractivity contribution in [1.82, 2.24) is 0 Å². The van der Waals surface area contributed by atoms with Crippen molar-refractivity contribution in [1.29, 1.82) is 0 Å². The van der Waals surface area contributed by atoms with E-state index in [1.54, 1.807) is 12.1 Å². The molecule has 0 bridgehead atoms. The molecule has 0 aliphatic heterocycles. The lowest BCUT2D eigenvalue weighted by atomic mass is 10.1. The molecule has 1 radical (unpaired) electrons. The van der Waals surface area contributed by atoms with Gasteiger partial charge in [-0.15, -0.1) is 0 Å². The van der Waals surface area contributed by atoms with Crippen molar-refractivity contribution in [2.24, 2.45) is 0 Å². The number of nitrogens with zero attached hydrogens (tertiary/aromatic N) is 1. The van der Waals surface area contributed by atoms with Gasteiger partial charge in [0.25, 0.3) is 6.54 Å². The van der Waals surface area contributed by atoms with Gasteiger partial charge in [-0.25, -0.2) is 0 Å². The fourth-order valence-corrected chi connectivity index (χ4v) is 0.781. The first-order valence-electron chi connectivity index (χ1n) is 3.31. The van der Waals surface area contributed by atoms with E-state index in [-0.39, 0.29) is 0 Å². The van der Waals surface area contributed by atoms with Crippen molar-refractivity contribution in [2.45, 2.75) is 0 Å². The van der Waals surface area contributed by atoms with E-state index in [0.717, 1.165) is 0 Å². The second-order valence-corrected chi connectivity index (χ2v) is 2.20. The number of benzene rings is 1. The van der Waals surface area contributed by atoms with Crippen LogP contribution in [0.2, 0.25) is 0 Å². The molecule has 4 nitrogen and oxygen atoms in total. The van der Waals surface area contributed by atoms with Gasteiger partial charge in [0.05, 0.1) is 0 Å². The Bertz CT molecular complexity index is 294. The fraction of sp³-hybridized carbons (Fsp3) is 0.125. The SMILES string of the molecule is O=C(C[N+](=O)[O-])c1cc[c]cc1. The minimum Gasteiger partial charge on any atom is -0.287 e. The van der Waals surface area contributed by atoms with Gasteiger partial charge in [-0.1, -0.05) is 24.3 Å². The highest BCUT2D eigenvalue weighted by molar-refractivity contribution is 5.96. The highest BCUT2D eigenvalue weighted by atomic mass is 16.6. The standard InChI is InChI=1S/C8H6NO3/c10-8(6-9(11)12)7-4-2-1-3-5-7/h2-5H,6H2. The Morgan fingerprint density at radius 2 is 2.08 bits per heavy atom. The van der Waals surface area contributed by atoms with Gasteiger partial charge in [0, 0.05) is 10.5 Å². The molecule has 0 N–H and O–H groups in total. The van der Waals surface area contributed by atoms with Crippen LogP contribution < -0.4 is 0 Å². The summed E-state index contributed by atoms with van der Waals surface area (Å²) >= 11 is 0. The first-order chi connectivity index (χ1) is 5.70. The molecule has 0 saturated carbocycles. The van der Waals surface area contributed by atoms with Crippen LogP contribution in [0.4, 0.5) is 0 Å². The molecule has 1 aromatic rings. The Hall–Kier alpha value is -1.71. The molecular formula is C8H6NO3. The van der Waals surface area contributed by atoms with E-state index < -0.39 is 17.3 Å². The van der Waals surface area contributed by atoms with Gasteiger partial charge in [-0.05, 0) is 6.07 Å². The lowest BCUT2D eigenvalue weighted by molar-refractivity contribution is -0.465. The summed E-state index contributed by atoms with van der Waals surface area (Å²) in [6.07, 6.45) is 0. The molecule has 0 atom stereocenters. The molecular weight excluding hydrogens is 158 g/mol. The average molecular weight is 164 g/mol. The summed E-state index contributed by atoms with van der Waals surface area (Å²) < 4.78 is 0. The summed E-state index contributed by atoms with van der Waals surface area (Å²) in [7, 11) is 0. The second-order valence-electron chi connectivity index (χ2n) is 2.20. The Morgan fingerprint density at radius 1 is 1.50 bits per heavy atom.